The van der Waals surface area contributed by atoms with E-state index < -0.39 is 17.7 Å². The van der Waals surface area contributed by atoms with E-state index in [1.807, 2.05) is 52.0 Å². The molecule has 2 unspecified atom stereocenters. The molecular weight excluding hydrogens is 424 g/mol. The number of halogens is 1. The van der Waals surface area contributed by atoms with Gasteiger partial charge in [0.2, 0.25) is 0 Å². The summed E-state index contributed by atoms with van der Waals surface area (Å²) in [6.45, 7) is 12.9. The second kappa shape index (κ2) is 7.82. The highest BCUT2D eigenvalue weighted by molar-refractivity contribution is 6.30. The number of hydrogen-bond donors (Lipinski definition) is 1. The lowest BCUT2D eigenvalue weighted by Crippen LogP contribution is -2.33. The fourth-order valence-electron chi connectivity index (χ4n) is 5.17. The Kier molecular flexibility index (Phi) is 5.54. The summed E-state index contributed by atoms with van der Waals surface area (Å²) in [6.07, 6.45) is -1.10. The Bertz CT molecular complexity index is 1210. The molecule has 3 aromatic rings. The van der Waals surface area contributed by atoms with E-state index in [0.717, 1.165) is 45.5 Å². The Morgan fingerprint density at radius 1 is 1.22 bits per heavy atom. The first-order valence-electron chi connectivity index (χ1n) is 11.0. The number of aryl methyl sites for hydroxylation is 1. The Labute approximate surface area is 194 Å². The molecule has 0 spiro atoms. The van der Waals surface area contributed by atoms with Gasteiger partial charge in [-0.15, -0.1) is 0 Å². The third kappa shape index (κ3) is 3.67. The van der Waals surface area contributed by atoms with Crippen LogP contribution in [0.2, 0.25) is 5.02 Å². The molecule has 32 heavy (non-hydrogen) atoms. The molecule has 1 aliphatic heterocycles. The number of nitrogens with zero attached hydrogens (tertiary/aromatic N) is 2. The van der Waals surface area contributed by atoms with E-state index in [4.69, 9.17) is 16.3 Å². The van der Waals surface area contributed by atoms with Crippen molar-refractivity contribution in [3.63, 3.8) is 0 Å². The molecule has 0 bridgehead atoms. The van der Waals surface area contributed by atoms with Gasteiger partial charge in [0.25, 0.3) is 0 Å². The number of benzene rings is 2. The van der Waals surface area contributed by atoms with Crippen LogP contribution in [0.4, 0.5) is 5.69 Å². The van der Waals surface area contributed by atoms with Crippen molar-refractivity contribution in [3.05, 3.63) is 52.2 Å². The van der Waals surface area contributed by atoms with Crippen LogP contribution in [0.5, 0.6) is 0 Å². The van der Waals surface area contributed by atoms with E-state index >= 15 is 0 Å². The van der Waals surface area contributed by atoms with Crippen molar-refractivity contribution in [2.45, 2.75) is 59.3 Å². The third-order valence-corrected chi connectivity index (χ3v) is 6.45. The van der Waals surface area contributed by atoms with Gasteiger partial charge < -0.3 is 19.3 Å². The Morgan fingerprint density at radius 3 is 2.41 bits per heavy atom. The molecule has 1 N–H and O–H groups in total. The molecule has 6 heteroatoms. The summed E-state index contributed by atoms with van der Waals surface area (Å²) < 4.78 is 8.54. The van der Waals surface area contributed by atoms with Crippen LogP contribution < -0.4 is 4.90 Å². The Morgan fingerprint density at radius 2 is 1.84 bits per heavy atom. The largest absolute Gasteiger partial charge is 0.479 e. The molecule has 0 amide bonds. The van der Waals surface area contributed by atoms with Crippen LogP contribution in [-0.4, -0.2) is 34.8 Å². The molecule has 4 rings (SSSR count). The zero-order valence-electron chi connectivity index (χ0n) is 19.8. The van der Waals surface area contributed by atoms with Crippen molar-refractivity contribution in [2.24, 2.45) is 0 Å². The van der Waals surface area contributed by atoms with E-state index in [2.05, 4.69) is 36.4 Å². The smallest absolute Gasteiger partial charge is 0.337 e. The first-order valence-corrected chi connectivity index (χ1v) is 11.3. The summed E-state index contributed by atoms with van der Waals surface area (Å²) in [5.74, 6) is -0.993. The summed E-state index contributed by atoms with van der Waals surface area (Å²) in [5.41, 5.74) is 6.24. The van der Waals surface area contributed by atoms with Gasteiger partial charge in [0, 0.05) is 41.3 Å². The minimum absolute atomic E-state index is 0.314. The SMILES string of the molecule is Cc1c(C(OC(C)(C)C)C(=O)O)c(-c2ccc(Cl)cc2)c2cc(C)n3c2c1N(C)CC3C. The van der Waals surface area contributed by atoms with Crippen LogP contribution in [0.3, 0.4) is 0 Å². The van der Waals surface area contributed by atoms with E-state index in [0.29, 0.717) is 16.6 Å². The van der Waals surface area contributed by atoms with Crippen LogP contribution in [0.25, 0.3) is 22.0 Å². The molecule has 0 saturated heterocycles. The standard InChI is InChI=1S/C26H31ClN2O3/c1-14-12-19-21(17-8-10-18(27)11-9-17)20(24(25(30)31)32-26(4,5)6)16(3)22-23(19)29(14)15(2)13-28(22)7/h8-12,15,24H,13H2,1-7H3,(H,30,31). The summed E-state index contributed by atoms with van der Waals surface area (Å²) in [6, 6.07) is 10.1. The van der Waals surface area contributed by atoms with Crippen molar-refractivity contribution in [3.8, 4) is 11.1 Å². The molecule has 2 atom stereocenters. The van der Waals surface area contributed by atoms with Gasteiger partial charge in [0.1, 0.15) is 0 Å². The molecule has 0 saturated carbocycles. The van der Waals surface area contributed by atoms with Gasteiger partial charge in [0.05, 0.1) is 16.8 Å². The maximum absolute atomic E-state index is 12.6. The Hall–Kier alpha value is -2.50. The topological polar surface area (TPSA) is 54.7 Å². The quantitative estimate of drug-likeness (QED) is 0.486. The van der Waals surface area contributed by atoms with Crippen molar-refractivity contribution in [2.75, 3.05) is 18.5 Å². The van der Waals surface area contributed by atoms with Crippen molar-refractivity contribution in [1.29, 1.82) is 0 Å². The van der Waals surface area contributed by atoms with Gasteiger partial charge in [-0.2, -0.15) is 0 Å². The first kappa shape index (κ1) is 22.7. The predicted octanol–water partition coefficient (Wildman–Crippen LogP) is 6.53. The van der Waals surface area contributed by atoms with E-state index in [9.17, 15) is 9.90 Å². The molecule has 1 aromatic heterocycles. The summed E-state index contributed by atoms with van der Waals surface area (Å²) in [4.78, 5) is 14.8. The minimum atomic E-state index is -1.10. The van der Waals surface area contributed by atoms with E-state index in [1.54, 1.807) is 0 Å². The average Bonchev–Trinajstić information content (AvgIpc) is 3.01. The lowest BCUT2D eigenvalue weighted by Gasteiger charge is -2.36. The number of aliphatic carboxylic acids is 1. The molecule has 2 heterocycles. The lowest BCUT2D eigenvalue weighted by atomic mass is 9.87. The molecule has 2 aromatic carbocycles. The number of aromatic nitrogens is 1. The van der Waals surface area contributed by atoms with Crippen molar-refractivity contribution >= 4 is 34.2 Å². The summed E-state index contributed by atoms with van der Waals surface area (Å²) in [7, 11) is 2.08. The van der Waals surface area contributed by atoms with Crippen LogP contribution in [-0.2, 0) is 9.53 Å². The van der Waals surface area contributed by atoms with E-state index in [1.165, 1.54) is 0 Å². The number of likely N-dealkylation sites (N-methyl/N-ethyl adjacent to an activating group) is 1. The van der Waals surface area contributed by atoms with Crippen LogP contribution in [0, 0.1) is 13.8 Å². The monoisotopic (exact) mass is 454 g/mol. The van der Waals surface area contributed by atoms with E-state index in [-0.39, 0.29) is 0 Å². The van der Waals surface area contributed by atoms with Gasteiger partial charge in [-0.3, -0.25) is 0 Å². The lowest BCUT2D eigenvalue weighted by molar-refractivity contribution is -0.160. The maximum atomic E-state index is 12.6. The molecule has 5 nitrogen and oxygen atoms in total. The molecule has 170 valence electrons. The molecule has 0 fully saturated rings. The number of carbonyl (C=O) groups is 1. The fraction of sp³-hybridized carbons (Fsp3) is 0.423. The minimum Gasteiger partial charge on any atom is -0.479 e. The fourth-order valence-corrected chi connectivity index (χ4v) is 5.29. The van der Waals surface area contributed by atoms with Crippen molar-refractivity contribution < 1.29 is 14.6 Å². The highest BCUT2D eigenvalue weighted by Crippen LogP contribution is 2.48. The predicted molar refractivity (Wildman–Crippen MR) is 131 cm³/mol. The Balaban J connectivity index is 2.18. The maximum Gasteiger partial charge on any atom is 0.337 e. The number of hydrogen-bond acceptors (Lipinski definition) is 3. The molecule has 0 radical (unpaired) electrons. The van der Waals surface area contributed by atoms with Crippen LogP contribution in [0.15, 0.2) is 30.3 Å². The first-order chi connectivity index (χ1) is 14.9. The molecule has 0 aliphatic carbocycles. The van der Waals surface area contributed by atoms with Gasteiger partial charge in [-0.25, -0.2) is 4.79 Å². The zero-order chi connectivity index (χ0) is 23.5. The number of ether oxygens (including phenoxy) is 1. The zero-order valence-corrected chi connectivity index (χ0v) is 20.5. The van der Waals surface area contributed by atoms with Crippen LogP contribution >= 0.6 is 11.6 Å². The second-order valence-electron chi connectivity index (χ2n) is 9.87. The molecule has 1 aliphatic rings. The van der Waals surface area contributed by atoms with Gasteiger partial charge >= 0.3 is 5.97 Å². The summed E-state index contributed by atoms with van der Waals surface area (Å²) >= 11 is 6.18. The number of carboxylic acids is 1. The summed E-state index contributed by atoms with van der Waals surface area (Å²) in [5, 5.41) is 12.0. The molecular formula is C26H31ClN2O3. The van der Waals surface area contributed by atoms with Crippen LogP contribution in [0.1, 0.15) is 56.7 Å². The third-order valence-electron chi connectivity index (χ3n) is 6.20. The highest BCUT2D eigenvalue weighted by atomic mass is 35.5. The van der Waals surface area contributed by atoms with Gasteiger partial charge in [-0.05, 0) is 76.4 Å². The normalized spacial score (nSPS) is 17.1. The average molecular weight is 455 g/mol. The number of anilines is 1. The second-order valence-corrected chi connectivity index (χ2v) is 10.3. The highest BCUT2D eigenvalue weighted by Gasteiger charge is 2.36. The van der Waals surface area contributed by atoms with Gasteiger partial charge in [0.15, 0.2) is 6.10 Å². The van der Waals surface area contributed by atoms with Gasteiger partial charge in [-0.1, -0.05) is 23.7 Å². The van der Waals surface area contributed by atoms with Crippen molar-refractivity contribution in [1.82, 2.24) is 4.57 Å². The number of carboxylic acid groups (broad SMARTS) is 1. The number of rotatable bonds is 4.